The number of phosphoric acid groups is 2. The van der Waals surface area contributed by atoms with Gasteiger partial charge in [-0.1, -0.05) is 267 Å². The molecule has 18 heteroatoms. The number of hydrogen-bond donors (Lipinski definition) is 4. The highest BCUT2D eigenvalue weighted by Gasteiger charge is 2.29. The second kappa shape index (κ2) is 74.1. The Morgan fingerprint density at radius 3 is 0.792 bits per heavy atom. The number of ether oxygens (including phenoxy) is 3. The number of carbonyl (C=O) groups is 3. The van der Waals surface area contributed by atoms with Gasteiger partial charge in [-0.15, -0.1) is 0 Å². The van der Waals surface area contributed by atoms with E-state index in [0.717, 1.165) is 173 Å². The normalized spacial score (nSPS) is 15.1. The maximum Gasteiger partial charge on any atom is 0.472 e. The van der Waals surface area contributed by atoms with E-state index in [2.05, 4.69) is 215 Å². The van der Waals surface area contributed by atoms with Crippen molar-refractivity contribution in [1.29, 1.82) is 0 Å². The zero-order valence-electron chi connectivity index (χ0n) is 62.0. The van der Waals surface area contributed by atoms with Crippen LogP contribution in [0.5, 0.6) is 0 Å². The minimum absolute atomic E-state index is 0.0493. The SMILES string of the molecule is CC/C=C\C/C=C\C/C=C\C/C=C\C/C=C\C/C=C\CCCCCCCCCCC(=O)OCC(O)COP(=O)(O)OCC(O)COP(=O)(O)OCC(COC(=O)CCCCC/C=C\C/C=C\C/C=C\C/C=C\C/C=C\CC)OC(=O)CCCCC/C=C\C/C=C\C/C=C\C/C=C\C/C=C\CC. The summed E-state index contributed by atoms with van der Waals surface area (Å²) in [4.78, 5) is 58.6. The van der Waals surface area contributed by atoms with Crippen LogP contribution in [0.15, 0.2) is 194 Å². The van der Waals surface area contributed by atoms with Crippen LogP contribution in [0.4, 0.5) is 0 Å². The Kier molecular flexibility index (Phi) is 70.0. The first kappa shape index (κ1) is 95.4. The molecule has 0 bridgehead atoms. The Hall–Kier alpha value is -5.61. The molecular weight excluding hydrogens is 1310 g/mol. The topological polar surface area (TPSA) is 231 Å². The van der Waals surface area contributed by atoms with Gasteiger partial charge in [0, 0.05) is 19.3 Å². The van der Waals surface area contributed by atoms with E-state index in [1.54, 1.807) is 0 Å². The third kappa shape index (κ3) is 75.4. The van der Waals surface area contributed by atoms with Crippen LogP contribution in [0.25, 0.3) is 0 Å². The number of rotatable bonds is 69. The van der Waals surface area contributed by atoms with Crippen LogP contribution in [0.3, 0.4) is 0 Å². The summed E-state index contributed by atoms with van der Waals surface area (Å²) in [6, 6.07) is 0. The molecule has 0 aromatic carbocycles. The van der Waals surface area contributed by atoms with Crippen molar-refractivity contribution in [2.45, 2.75) is 270 Å². The van der Waals surface area contributed by atoms with Gasteiger partial charge in [-0.25, -0.2) is 9.13 Å². The molecule has 5 atom stereocenters. The van der Waals surface area contributed by atoms with Crippen LogP contribution < -0.4 is 0 Å². The van der Waals surface area contributed by atoms with Crippen molar-refractivity contribution in [3.63, 3.8) is 0 Å². The quantitative estimate of drug-likeness (QED) is 0.0146. The largest absolute Gasteiger partial charge is 0.472 e. The van der Waals surface area contributed by atoms with Crippen molar-refractivity contribution in [3.05, 3.63) is 194 Å². The van der Waals surface area contributed by atoms with Crippen LogP contribution in [-0.4, -0.2) is 95.9 Å². The zero-order valence-corrected chi connectivity index (χ0v) is 63.8. The van der Waals surface area contributed by atoms with Gasteiger partial charge >= 0.3 is 33.6 Å². The number of aliphatic hydroxyl groups excluding tert-OH is 2. The van der Waals surface area contributed by atoms with Crippen molar-refractivity contribution >= 4 is 33.6 Å². The summed E-state index contributed by atoms with van der Waals surface area (Å²) in [5.41, 5.74) is 0. The van der Waals surface area contributed by atoms with Gasteiger partial charge in [-0.2, -0.15) is 0 Å². The molecule has 0 saturated carbocycles. The molecule has 0 aliphatic rings. The van der Waals surface area contributed by atoms with Crippen molar-refractivity contribution in [3.8, 4) is 0 Å². The lowest BCUT2D eigenvalue weighted by Gasteiger charge is -2.21. The summed E-state index contributed by atoms with van der Waals surface area (Å²) in [5.74, 6) is -1.68. The number of unbranched alkanes of at least 4 members (excludes halogenated alkanes) is 14. The highest BCUT2D eigenvalue weighted by atomic mass is 31.2. The van der Waals surface area contributed by atoms with Crippen molar-refractivity contribution in [1.82, 2.24) is 0 Å². The van der Waals surface area contributed by atoms with E-state index in [1.807, 2.05) is 0 Å². The monoisotopic (exact) mass is 1450 g/mol. The molecule has 0 saturated heterocycles. The van der Waals surface area contributed by atoms with Crippen molar-refractivity contribution in [2.75, 3.05) is 39.6 Å². The van der Waals surface area contributed by atoms with Crippen LogP contribution in [0.2, 0.25) is 0 Å². The highest BCUT2D eigenvalue weighted by Crippen LogP contribution is 2.45. The first-order chi connectivity index (χ1) is 49.2. The molecule has 4 N–H and O–H groups in total. The van der Waals surface area contributed by atoms with Crippen LogP contribution in [-0.2, 0) is 55.8 Å². The molecule has 0 aliphatic carbocycles. The van der Waals surface area contributed by atoms with Gasteiger partial charge in [0.15, 0.2) is 6.10 Å². The molecule has 101 heavy (non-hydrogen) atoms. The third-order valence-electron chi connectivity index (χ3n) is 14.8. The third-order valence-corrected chi connectivity index (χ3v) is 16.7. The number of aliphatic hydroxyl groups is 2. The van der Waals surface area contributed by atoms with E-state index < -0.39 is 91.5 Å². The zero-order chi connectivity index (χ0) is 73.7. The maximum absolute atomic E-state index is 13.0. The Morgan fingerprint density at radius 2 is 0.495 bits per heavy atom. The summed E-state index contributed by atoms with van der Waals surface area (Å²) in [5, 5.41) is 20.6. The molecule has 0 rings (SSSR count). The standard InChI is InChI=1S/C83H132O16P2/c1-4-7-10-13-16-19-22-25-28-31-34-35-36-37-38-39-40-41-44-46-48-51-54-57-60-63-66-69-81(86)93-72-78(84)73-95-100(89,90)96-74-79(85)75-97-101(91,92)98-77-80(99-83(88)71-68-65-62-59-56-53-50-47-43-33-30-27-24-21-18-15-12-9-6-3)76-94-82(87)70-67-64-61-58-55-52-49-45-42-32-29-26-23-20-17-14-11-8-5-2/h7-12,16-21,25-30,34-35,37-38,40-43,45,47,52-53,55-56,78-80,84-85H,4-6,13-15,22-24,31-33,36,39,44,46,48-51,54,57-77H2,1-3H3,(H,89,90)(H,91,92)/b10-7-,11-8-,12-9-,19-16-,20-17-,21-18-,28-25-,29-26-,30-27-,35-34-,38-37-,41-40-,45-42-,47-43-,55-52-,56-53-. The molecule has 570 valence electrons. The van der Waals surface area contributed by atoms with Gasteiger partial charge in [0.1, 0.15) is 25.4 Å². The van der Waals surface area contributed by atoms with Crippen molar-refractivity contribution in [2.24, 2.45) is 0 Å². The van der Waals surface area contributed by atoms with Crippen molar-refractivity contribution < 1.29 is 75.8 Å². The van der Waals surface area contributed by atoms with Crippen LogP contribution >= 0.6 is 15.6 Å². The Balaban J connectivity index is 4.71. The summed E-state index contributed by atoms with van der Waals surface area (Å²) in [6.07, 6.45) is 96.2. The van der Waals surface area contributed by atoms with E-state index in [1.165, 1.54) is 19.3 Å². The lowest BCUT2D eigenvalue weighted by molar-refractivity contribution is -0.161. The first-order valence-corrected chi connectivity index (χ1v) is 40.7. The molecule has 0 radical (unpaired) electrons. The number of phosphoric ester groups is 2. The maximum atomic E-state index is 13.0. The van der Waals surface area contributed by atoms with E-state index in [4.69, 9.17) is 32.3 Å². The average Bonchev–Trinajstić information content (AvgIpc) is 3.19. The van der Waals surface area contributed by atoms with Gasteiger partial charge in [-0.3, -0.25) is 32.5 Å². The molecule has 5 unspecified atom stereocenters. The number of carbonyl (C=O) groups excluding carboxylic acids is 3. The number of allylic oxidation sites excluding steroid dienone is 32. The molecule has 0 amide bonds. The fourth-order valence-corrected chi connectivity index (χ4v) is 10.7. The van der Waals surface area contributed by atoms with E-state index in [9.17, 15) is 43.5 Å². The van der Waals surface area contributed by atoms with Crippen LogP contribution in [0.1, 0.15) is 252 Å². The lowest BCUT2D eigenvalue weighted by Crippen LogP contribution is -2.30. The summed E-state index contributed by atoms with van der Waals surface area (Å²) < 4.78 is 61.0. The molecule has 0 aromatic rings. The second-order valence-corrected chi connectivity index (χ2v) is 27.2. The molecule has 0 spiro atoms. The number of hydrogen-bond acceptors (Lipinski definition) is 14. The van der Waals surface area contributed by atoms with E-state index >= 15 is 0 Å². The summed E-state index contributed by atoms with van der Waals surface area (Å²) >= 11 is 0. The molecule has 0 aromatic heterocycles. The first-order valence-electron chi connectivity index (χ1n) is 37.7. The molecule has 0 heterocycles. The Bertz CT molecular complexity index is 2620. The summed E-state index contributed by atoms with van der Waals surface area (Å²) in [7, 11) is -9.83. The Labute approximate surface area is 610 Å². The number of esters is 3. The fourth-order valence-electron chi connectivity index (χ4n) is 9.15. The fraction of sp³-hybridized carbons (Fsp3) is 0.578. The predicted octanol–water partition coefficient (Wildman–Crippen LogP) is 22.0. The molecular formula is C83H132O16P2. The smallest absolute Gasteiger partial charge is 0.463 e. The lowest BCUT2D eigenvalue weighted by atomic mass is 10.1. The minimum atomic E-state index is -4.96. The predicted molar refractivity (Wildman–Crippen MR) is 417 cm³/mol. The van der Waals surface area contributed by atoms with E-state index in [0.29, 0.717) is 19.3 Å². The van der Waals surface area contributed by atoms with Crippen LogP contribution in [0, 0.1) is 0 Å². The van der Waals surface area contributed by atoms with E-state index in [-0.39, 0.29) is 19.3 Å². The summed E-state index contributed by atoms with van der Waals surface area (Å²) in [6.45, 7) is 2.21. The van der Waals surface area contributed by atoms with Gasteiger partial charge in [0.05, 0.1) is 26.4 Å². The van der Waals surface area contributed by atoms with Gasteiger partial charge in [0.25, 0.3) is 0 Å². The van der Waals surface area contributed by atoms with Gasteiger partial charge in [0.2, 0.25) is 0 Å². The molecule has 16 nitrogen and oxygen atoms in total. The molecule has 0 fully saturated rings. The van der Waals surface area contributed by atoms with Gasteiger partial charge in [-0.05, 0) is 161 Å². The average molecular weight is 1450 g/mol. The minimum Gasteiger partial charge on any atom is -0.463 e. The van der Waals surface area contributed by atoms with Gasteiger partial charge < -0.3 is 34.2 Å². The highest BCUT2D eigenvalue weighted by molar-refractivity contribution is 7.47. The second-order valence-electron chi connectivity index (χ2n) is 24.3. The Morgan fingerprint density at radius 1 is 0.277 bits per heavy atom. The molecule has 0 aliphatic heterocycles.